The van der Waals surface area contributed by atoms with Gasteiger partial charge in [-0.05, 0) is 30.2 Å². The number of nitrogens with zero attached hydrogens (tertiary/aromatic N) is 2. The molecular weight excluding hydrogens is 322 g/mol. The van der Waals surface area contributed by atoms with Gasteiger partial charge in [0.2, 0.25) is 0 Å². The van der Waals surface area contributed by atoms with Crippen LogP contribution in [-0.2, 0) is 0 Å². The zero-order chi connectivity index (χ0) is 17.9. The first-order valence-electron chi connectivity index (χ1n) is 8.58. The quantitative estimate of drug-likeness (QED) is 0.606. The van der Waals surface area contributed by atoms with Gasteiger partial charge in [-0.15, -0.1) is 0 Å². The molecule has 2 heterocycles. The lowest BCUT2D eigenvalue weighted by molar-refractivity contribution is 0.0938. The van der Waals surface area contributed by atoms with Gasteiger partial charge in [0.25, 0.3) is 5.91 Å². The molecule has 2 aromatic carbocycles. The van der Waals surface area contributed by atoms with Crippen LogP contribution in [0.15, 0.2) is 85.1 Å². The second-order valence-corrected chi connectivity index (χ2v) is 6.25. The number of aromatic nitrogens is 2. The number of amides is 1. The lowest BCUT2D eigenvalue weighted by Gasteiger charge is -2.19. The molecular formula is C22H19N3O. The van der Waals surface area contributed by atoms with E-state index in [2.05, 4.69) is 10.3 Å². The highest BCUT2D eigenvalue weighted by Crippen LogP contribution is 2.22. The van der Waals surface area contributed by atoms with Gasteiger partial charge in [0.1, 0.15) is 11.3 Å². The van der Waals surface area contributed by atoms with Crippen LogP contribution in [0.25, 0.3) is 5.65 Å². The summed E-state index contributed by atoms with van der Waals surface area (Å²) >= 11 is 0. The molecule has 128 valence electrons. The van der Waals surface area contributed by atoms with E-state index in [1.165, 1.54) is 0 Å². The molecule has 0 fully saturated rings. The second-order valence-electron chi connectivity index (χ2n) is 6.25. The molecule has 26 heavy (non-hydrogen) atoms. The topological polar surface area (TPSA) is 46.4 Å². The van der Waals surface area contributed by atoms with Crippen molar-refractivity contribution in [1.82, 2.24) is 14.7 Å². The molecule has 4 nitrogen and oxygen atoms in total. The van der Waals surface area contributed by atoms with Crippen molar-refractivity contribution < 1.29 is 4.79 Å². The molecule has 4 aromatic rings. The minimum atomic E-state index is -0.226. The Kier molecular flexibility index (Phi) is 4.23. The van der Waals surface area contributed by atoms with Crippen molar-refractivity contribution in [2.24, 2.45) is 0 Å². The summed E-state index contributed by atoms with van der Waals surface area (Å²) in [4.78, 5) is 17.4. The summed E-state index contributed by atoms with van der Waals surface area (Å²) in [7, 11) is 0. The summed E-state index contributed by atoms with van der Waals surface area (Å²) in [5, 5.41) is 3.13. The summed E-state index contributed by atoms with van der Waals surface area (Å²) in [5.74, 6) is -0.189. The maximum atomic E-state index is 12.9. The normalized spacial score (nSPS) is 11.0. The number of hydrogen-bond donors (Lipinski definition) is 1. The number of benzene rings is 2. The van der Waals surface area contributed by atoms with Gasteiger partial charge >= 0.3 is 0 Å². The fourth-order valence-electron chi connectivity index (χ4n) is 3.11. The number of rotatable bonds is 4. The van der Waals surface area contributed by atoms with E-state index in [1.807, 2.05) is 90.2 Å². The number of fused-ring (bicyclic) bond motifs is 1. The number of carbonyl (C=O) groups is 1. The van der Waals surface area contributed by atoms with E-state index in [4.69, 9.17) is 0 Å². The minimum absolute atomic E-state index is 0.189. The van der Waals surface area contributed by atoms with Crippen molar-refractivity contribution in [3.63, 3.8) is 0 Å². The summed E-state index contributed by atoms with van der Waals surface area (Å²) in [6, 6.07) is 25.5. The zero-order valence-corrected chi connectivity index (χ0v) is 14.5. The van der Waals surface area contributed by atoms with Crippen molar-refractivity contribution in [3.05, 3.63) is 108 Å². The number of aryl methyl sites for hydroxylation is 1. The molecule has 4 heteroatoms. The summed E-state index contributed by atoms with van der Waals surface area (Å²) in [6.45, 7) is 1.99. The van der Waals surface area contributed by atoms with E-state index in [1.54, 1.807) is 6.20 Å². The third-order valence-corrected chi connectivity index (χ3v) is 4.47. The minimum Gasteiger partial charge on any atom is -0.340 e. The Labute approximate surface area is 152 Å². The monoisotopic (exact) mass is 341 g/mol. The third kappa shape index (κ3) is 3.09. The van der Waals surface area contributed by atoms with Crippen molar-refractivity contribution in [3.8, 4) is 0 Å². The molecule has 1 N–H and O–H groups in total. The van der Waals surface area contributed by atoms with Gasteiger partial charge in [-0.25, -0.2) is 4.98 Å². The lowest BCUT2D eigenvalue weighted by Crippen LogP contribution is -2.29. The first-order chi connectivity index (χ1) is 12.7. The summed E-state index contributed by atoms with van der Waals surface area (Å²) in [5.41, 5.74) is 4.29. The Morgan fingerprint density at radius 1 is 0.885 bits per heavy atom. The number of carbonyl (C=O) groups excluding carboxylic acids is 1. The Balaban J connectivity index is 1.68. The van der Waals surface area contributed by atoms with E-state index in [-0.39, 0.29) is 11.9 Å². The van der Waals surface area contributed by atoms with Gasteiger partial charge < -0.3 is 9.72 Å². The highest BCUT2D eigenvalue weighted by Gasteiger charge is 2.19. The van der Waals surface area contributed by atoms with Crippen LogP contribution >= 0.6 is 0 Å². The number of imidazole rings is 1. The predicted molar refractivity (Wildman–Crippen MR) is 102 cm³/mol. The molecule has 0 aliphatic rings. The highest BCUT2D eigenvalue weighted by atomic mass is 16.2. The molecule has 0 bridgehead atoms. The van der Waals surface area contributed by atoms with Crippen molar-refractivity contribution in [1.29, 1.82) is 0 Å². The van der Waals surface area contributed by atoms with Crippen LogP contribution in [0.1, 0.15) is 33.4 Å². The Morgan fingerprint density at radius 3 is 2.08 bits per heavy atom. The van der Waals surface area contributed by atoms with Crippen molar-refractivity contribution in [2.75, 3.05) is 0 Å². The number of pyridine rings is 1. The predicted octanol–water partition coefficient (Wildman–Crippen LogP) is 4.16. The fraction of sp³-hybridized carbons (Fsp3) is 0.0909. The van der Waals surface area contributed by atoms with Crippen LogP contribution in [-0.4, -0.2) is 15.3 Å². The molecule has 0 spiro atoms. The van der Waals surface area contributed by atoms with Crippen LogP contribution in [0.5, 0.6) is 0 Å². The largest absolute Gasteiger partial charge is 0.340 e. The standard InChI is InChI=1S/C22H19N3O/c1-16-9-8-14-20-23-19(15-25(16)20)22(26)24-21(17-10-4-2-5-11-17)18-12-6-3-7-13-18/h2-15,21H,1H3,(H,24,26). The molecule has 4 rings (SSSR count). The smallest absolute Gasteiger partial charge is 0.272 e. The number of hydrogen-bond acceptors (Lipinski definition) is 2. The van der Waals surface area contributed by atoms with Gasteiger partial charge in [0, 0.05) is 11.9 Å². The van der Waals surface area contributed by atoms with Gasteiger partial charge in [-0.2, -0.15) is 0 Å². The molecule has 2 aromatic heterocycles. The molecule has 0 radical (unpaired) electrons. The molecule has 0 saturated heterocycles. The van der Waals surface area contributed by atoms with E-state index in [0.29, 0.717) is 5.69 Å². The Bertz CT molecular complexity index is 999. The Morgan fingerprint density at radius 2 is 1.50 bits per heavy atom. The molecule has 0 aliphatic carbocycles. The summed E-state index contributed by atoms with van der Waals surface area (Å²) < 4.78 is 1.93. The van der Waals surface area contributed by atoms with Gasteiger partial charge in [-0.3, -0.25) is 4.79 Å². The lowest BCUT2D eigenvalue weighted by atomic mass is 9.98. The third-order valence-electron chi connectivity index (χ3n) is 4.47. The van der Waals surface area contributed by atoms with Crippen molar-refractivity contribution >= 4 is 11.6 Å². The SMILES string of the molecule is Cc1cccc2nc(C(=O)NC(c3ccccc3)c3ccccc3)cn12. The maximum absolute atomic E-state index is 12.9. The molecule has 1 amide bonds. The van der Waals surface area contributed by atoms with Crippen molar-refractivity contribution in [2.45, 2.75) is 13.0 Å². The first-order valence-corrected chi connectivity index (χ1v) is 8.58. The summed E-state index contributed by atoms with van der Waals surface area (Å²) in [6.07, 6.45) is 1.78. The van der Waals surface area contributed by atoms with Crippen LogP contribution in [0, 0.1) is 6.92 Å². The van der Waals surface area contributed by atoms with Gasteiger partial charge in [0.15, 0.2) is 0 Å². The molecule has 0 atom stereocenters. The zero-order valence-electron chi connectivity index (χ0n) is 14.5. The maximum Gasteiger partial charge on any atom is 0.272 e. The van der Waals surface area contributed by atoms with E-state index in [0.717, 1.165) is 22.5 Å². The van der Waals surface area contributed by atoms with Gasteiger partial charge in [0.05, 0.1) is 6.04 Å². The van der Waals surface area contributed by atoms with Crippen LogP contribution < -0.4 is 5.32 Å². The van der Waals surface area contributed by atoms with Crippen LogP contribution in [0.4, 0.5) is 0 Å². The van der Waals surface area contributed by atoms with Gasteiger partial charge in [-0.1, -0.05) is 66.7 Å². The average Bonchev–Trinajstić information content (AvgIpc) is 3.13. The van der Waals surface area contributed by atoms with Crippen LogP contribution in [0.3, 0.4) is 0 Å². The number of nitrogens with one attached hydrogen (secondary N) is 1. The van der Waals surface area contributed by atoms with Crippen LogP contribution in [0.2, 0.25) is 0 Å². The average molecular weight is 341 g/mol. The Hall–Kier alpha value is -3.40. The van der Waals surface area contributed by atoms with E-state index < -0.39 is 0 Å². The molecule has 0 saturated carbocycles. The fourth-order valence-corrected chi connectivity index (χ4v) is 3.11. The highest BCUT2D eigenvalue weighted by molar-refractivity contribution is 5.93. The van der Waals surface area contributed by atoms with E-state index in [9.17, 15) is 4.79 Å². The second kappa shape index (κ2) is 6.84. The first kappa shape index (κ1) is 16.1. The molecule has 0 aliphatic heterocycles. The molecule has 0 unspecified atom stereocenters. The van der Waals surface area contributed by atoms with E-state index >= 15 is 0 Å².